The maximum Gasteiger partial charge on any atom is 0.0722 e. The van der Waals surface area contributed by atoms with Crippen molar-refractivity contribution in [1.29, 1.82) is 0 Å². The number of pyridine rings is 1. The van der Waals surface area contributed by atoms with E-state index < -0.39 is 0 Å². The highest BCUT2D eigenvalue weighted by Gasteiger charge is 2.19. The van der Waals surface area contributed by atoms with E-state index in [9.17, 15) is 0 Å². The van der Waals surface area contributed by atoms with Gasteiger partial charge in [0.1, 0.15) is 0 Å². The van der Waals surface area contributed by atoms with E-state index in [2.05, 4.69) is 224 Å². The smallest absolute Gasteiger partial charge is 0.0722 e. The third kappa shape index (κ3) is 6.38. The Morgan fingerprint density at radius 3 is 1.71 bits per heavy atom. The molecule has 1 unspecified atom stereocenters. The standard InChI is InChI=1S/C54H38N2/c1-5-15-38(16-6-1)49-36-53(42-21-11-4-12-22-42)55-50-32-31-47-46(25-14-26-48(47)54(49)50)39-29-27-37(28-30-39)43-23-13-24-44(33-43)45-34-51(40-17-7-2-8-18-40)56-52(35-45)41-19-9-3-10-20-41/h1-36,51,56H. The van der Waals surface area contributed by atoms with Crippen LogP contribution in [0.2, 0.25) is 0 Å². The number of rotatable bonds is 7. The maximum atomic E-state index is 5.20. The minimum absolute atomic E-state index is 0.0672. The first-order chi connectivity index (χ1) is 27.7. The van der Waals surface area contributed by atoms with Gasteiger partial charge in [-0.3, -0.25) is 0 Å². The molecule has 0 fully saturated rings. The first kappa shape index (κ1) is 33.3. The van der Waals surface area contributed by atoms with Gasteiger partial charge in [-0.15, -0.1) is 0 Å². The first-order valence-corrected chi connectivity index (χ1v) is 19.2. The Bertz CT molecular complexity index is 2890. The Morgan fingerprint density at radius 1 is 0.393 bits per heavy atom. The molecule has 10 rings (SSSR count). The van der Waals surface area contributed by atoms with E-state index in [-0.39, 0.29) is 6.04 Å². The number of hydrogen-bond donors (Lipinski definition) is 1. The lowest BCUT2D eigenvalue weighted by Crippen LogP contribution is -2.21. The van der Waals surface area contributed by atoms with Crippen molar-refractivity contribution in [3.8, 4) is 44.6 Å². The van der Waals surface area contributed by atoms with Gasteiger partial charge in [0, 0.05) is 16.6 Å². The van der Waals surface area contributed by atoms with Crippen molar-refractivity contribution >= 4 is 32.9 Å². The lowest BCUT2D eigenvalue weighted by Gasteiger charge is -2.26. The summed E-state index contributed by atoms with van der Waals surface area (Å²) in [6, 6.07) is 73.8. The number of hydrogen-bond acceptors (Lipinski definition) is 2. The number of aromatic nitrogens is 1. The van der Waals surface area contributed by atoms with Gasteiger partial charge >= 0.3 is 0 Å². The van der Waals surface area contributed by atoms with Crippen LogP contribution in [0.5, 0.6) is 0 Å². The number of allylic oxidation sites excluding steroid dienone is 2. The fraction of sp³-hybridized carbons (Fsp3) is 0.0185. The molecule has 0 aliphatic carbocycles. The van der Waals surface area contributed by atoms with E-state index >= 15 is 0 Å². The van der Waals surface area contributed by atoms with Gasteiger partial charge in [0.05, 0.1) is 17.3 Å². The van der Waals surface area contributed by atoms with E-state index in [0.29, 0.717) is 0 Å². The van der Waals surface area contributed by atoms with Gasteiger partial charge in [-0.05, 0) is 96.8 Å². The van der Waals surface area contributed by atoms with Crippen LogP contribution in [-0.4, -0.2) is 4.98 Å². The second-order valence-corrected chi connectivity index (χ2v) is 14.4. The van der Waals surface area contributed by atoms with Crippen molar-refractivity contribution in [3.05, 3.63) is 235 Å². The number of nitrogens with one attached hydrogen (secondary N) is 1. The van der Waals surface area contributed by atoms with Crippen LogP contribution in [0.1, 0.15) is 22.7 Å². The molecule has 1 N–H and O–H groups in total. The maximum absolute atomic E-state index is 5.20. The van der Waals surface area contributed by atoms with E-state index in [1.54, 1.807) is 0 Å². The second-order valence-electron chi connectivity index (χ2n) is 14.4. The van der Waals surface area contributed by atoms with E-state index in [1.165, 1.54) is 71.8 Å². The predicted molar refractivity (Wildman–Crippen MR) is 236 cm³/mol. The average molecular weight is 715 g/mol. The van der Waals surface area contributed by atoms with Crippen molar-refractivity contribution in [2.24, 2.45) is 0 Å². The molecule has 2 heteroatoms. The molecule has 9 aromatic rings. The molecule has 1 aliphatic heterocycles. The molecule has 56 heavy (non-hydrogen) atoms. The van der Waals surface area contributed by atoms with Gasteiger partial charge in [-0.25, -0.2) is 4.98 Å². The van der Waals surface area contributed by atoms with Crippen LogP contribution in [-0.2, 0) is 0 Å². The molecule has 0 saturated heterocycles. The third-order valence-corrected chi connectivity index (χ3v) is 10.9. The molecule has 2 heterocycles. The molecule has 264 valence electrons. The zero-order chi connectivity index (χ0) is 37.3. The highest BCUT2D eigenvalue weighted by molar-refractivity contribution is 6.17. The Hall–Kier alpha value is -7.29. The average Bonchev–Trinajstić information content (AvgIpc) is 3.29. The van der Waals surface area contributed by atoms with Crippen LogP contribution in [0.15, 0.2) is 218 Å². The topological polar surface area (TPSA) is 24.9 Å². The summed E-state index contributed by atoms with van der Waals surface area (Å²) in [6.07, 6.45) is 4.62. The van der Waals surface area contributed by atoms with Crippen molar-refractivity contribution in [2.75, 3.05) is 0 Å². The number of fused-ring (bicyclic) bond motifs is 3. The minimum atomic E-state index is 0.0672. The molecule has 8 aromatic carbocycles. The van der Waals surface area contributed by atoms with Crippen molar-refractivity contribution in [1.82, 2.24) is 10.3 Å². The van der Waals surface area contributed by atoms with Crippen LogP contribution in [0.4, 0.5) is 0 Å². The molecular weight excluding hydrogens is 677 g/mol. The fourth-order valence-electron chi connectivity index (χ4n) is 8.11. The highest BCUT2D eigenvalue weighted by Crippen LogP contribution is 2.40. The van der Waals surface area contributed by atoms with Gasteiger partial charge in [0.2, 0.25) is 0 Å². The highest BCUT2D eigenvalue weighted by atomic mass is 14.9. The van der Waals surface area contributed by atoms with Gasteiger partial charge in [-0.2, -0.15) is 0 Å². The zero-order valence-electron chi connectivity index (χ0n) is 30.8. The lowest BCUT2D eigenvalue weighted by atomic mass is 9.90. The van der Waals surface area contributed by atoms with Crippen molar-refractivity contribution in [3.63, 3.8) is 0 Å². The number of nitrogens with zero attached hydrogens (tertiary/aromatic N) is 1. The molecule has 0 bridgehead atoms. The van der Waals surface area contributed by atoms with Crippen molar-refractivity contribution < 1.29 is 0 Å². The minimum Gasteiger partial charge on any atom is -0.374 e. The fourth-order valence-corrected chi connectivity index (χ4v) is 8.11. The van der Waals surface area contributed by atoms with E-state index in [1.807, 2.05) is 0 Å². The summed E-state index contributed by atoms with van der Waals surface area (Å²) in [5.74, 6) is 0. The normalized spacial score (nSPS) is 13.9. The molecular formula is C54H38N2. The van der Waals surface area contributed by atoms with E-state index in [4.69, 9.17) is 4.98 Å². The summed E-state index contributed by atoms with van der Waals surface area (Å²) < 4.78 is 0. The van der Waals surface area contributed by atoms with Crippen LogP contribution >= 0.6 is 0 Å². The molecule has 0 saturated carbocycles. The summed E-state index contributed by atoms with van der Waals surface area (Å²) in [6.45, 7) is 0. The monoisotopic (exact) mass is 714 g/mol. The van der Waals surface area contributed by atoms with Crippen LogP contribution in [0, 0.1) is 0 Å². The largest absolute Gasteiger partial charge is 0.374 e. The summed E-state index contributed by atoms with van der Waals surface area (Å²) in [5, 5.41) is 7.37. The second kappa shape index (κ2) is 14.5. The molecule has 0 amide bonds. The summed E-state index contributed by atoms with van der Waals surface area (Å²) in [4.78, 5) is 5.20. The lowest BCUT2D eigenvalue weighted by molar-refractivity contribution is 0.767. The van der Waals surface area contributed by atoms with Crippen LogP contribution in [0.25, 0.3) is 77.6 Å². The third-order valence-electron chi connectivity index (χ3n) is 10.9. The Balaban J connectivity index is 1.02. The van der Waals surface area contributed by atoms with Crippen LogP contribution < -0.4 is 5.32 Å². The summed E-state index contributed by atoms with van der Waals surface area (Å²) in [5.41, 5.74) is 16.2. The Morgan fingerprint density at radius 2 is 0.982 bits per heavy atom. The van der Waals surface area contributed by atoms with Gasteiger partial charge in [0.25, 0.3) is 0 Å². The quantitative estimate of drug-likeness (QED) is 0.166. The van der Waals surface area contributed by atoms with E-state index in [0.717, 1.165) is 22.5 Å². The molecule has 1 aromatic heterocycles. The van der Waals surface area contributed by atoms with Gasteiger partial charge in [0.15, 0.2) is 0 Å². The molecule has 1 aliphatic rings. The molecule has 1 atom stereocenters. The molecule has 2 nitrogen and oxygen atoms in total. The molecule has 0 radical (unpaired) electrons. The van der Waals surface area contributed by atoms with Crippen LogP contribution in [0.3, 0.4) is 0 Å². The first-order valence-electron chi connectivity index (χ1n) is 19.2. The molecule has 0 spiro atoms. The number of benzene rings is 8. The predicted octanol–water partition coefficient (Wildman–Crippen LogP) is 13.8. The van der Waals surface area contributed by atoms with Gasteiger partial charge < -0.3 is 5.32 Å². The Kier molecular flexibility index (Phi) is 8.62. The zero-order valence-corrected chi connectivity index (χ0v) is 30.8. The number of dihydropyridines is 1. The SMILES string of the molecule is C1=C(c2cccc(-c3ccc(-c4cccc5c4ccc4nc(-c6ccccc6)cc(-c6ccccc6)c45)cc3)c2)C=C(c2ccccc2)NC1c1ccccc1. The summed E-state index contributed by atoms with van der Waals surface area (Å²) >= 11 is 0. The van der Waals surface area contributed by atoms with Crippen molar-refractivity contribution in [2.45, 2.75) is 6.04 Å². The Labute approximate surface area is 327 Å². The summed E-state index contributed by atoms with van der Waals surface area (Å²) in [7, 11) is 0. The van der Waals surface area contributed by atoms with Gasteiger partial charge in [-0.1, -0.05) is 188 Å².